The van der Waals surface area contributed by atoms with E-state index in [1.807, 2.05) is 0 Å². The van der Waals surface area contributed by atoms with Crippen molar-refractivity contribution in [3.8, 4) is 0 Å². The highest BCUT2D eigenvalue weighted by Crippen LogP contribution is 2.48. The van der Waals surface area contributed by atoms with Gasteiger partial charge in [-0.2, -0.15) is 0 Å². The third kappa shape index (κ3) is 9.37. The van der Waals surface area contributed by atoms with Gasteiger partial charge in [0.15, 0.2) is 0 Å². The van der Waals surface area contributed by atoms with Gasteiger partial charge in [-0.3, -0.25) is 23.2 Å². The maximum atomic E-state index is 12.6. The summed E-state index contributed by atoms with van der Waals surface area (Å²) in [6.45, 7) is 9.39. The Kier molecular flexibility index (Phi) is 9.14. The Morgan fingerprint density at radius 2 is 1.25 bits per heavy atom. The first-order chi connectivity index (χ1) is 10.8. The summed E-state index contributed by atoms with van der Waals surface area (Å²) in [5.74, 6) is -0.987. The number of ether oxygens (including phenoxy) is 2. The van der Waals surface area contributed by atoms with E-state index in [2.05, 4.69) is 0 Å². The maximum absolute atomic E-state index is 12.6. The van der Waals surface area contributed by atoms with Gasteiger partial charge in [0.25, 0.3) is 0 Å². The van der Waals surface area contributed by atoms with Crippen LogP contribution in [-0.4, -0.2) is 38.2 Å². The second kappa shape index (κ2) is 9.51. The highest BCUT2D eigenvalue weighted by atomic mass is 31.2. The summed E-state index contributed by atoms with van der Waals surface area (Å²) in [5.41, 5.74) is 4.00. The number of hydrogen-bond donors (Lipinski definition) is 1. The van der Waals surface area contributed by atoms with Crippen molar-refractivity contribution in [2.75, 3.05) is 26.3 Å². The first kappa shape index (κ1) is 23.1. The maximum Gasteiger partial charge on any atom is 0.336 e. The van der Waals surface area contributed by atoms with Crippen LogP contribution in [0.4, 0.5) is 0 Å². The molecule has 142 valence electrons. The predicted octanol–water partition coefficient (Wildman–Crippen LogP) is 2.66. The van der Waals surface area contributed by atoms with Crippen LogP contribution in [0.2, 0.25) is 0 Å². The number of esters is 2. The van der Waals surface area contributed by atoms with E-state index in [1.54, 1.807) is 41.5 Å². The molecule has 0 aromatic heterocycles. The minimum absolute atomic E-state index is 0.0314. The van der Waals surface area contributed by atoms with E-state index in [1.165, 1.54) is 0 Å². The molecule has 0 aliphatic carbocycles. The van der Waals surface area contributed by atoms with Gasteiger partial charge in [-0.25, -0.2) is 0 Å². The first-order valence-electron chi connectivity index (χ1n) is 7.74. The molecule has 0 radical (unpaired) electrons. The fourth-order valence-corrected chi connectivity index (χ4v) is 2.53. The van der Waals surface area contributed by atoms with Gasteiger partial charge in [0.1, 0.15) is 0 Å². The first-order valence-corrected chi connectivity index (χ1v) is 9.47. The van der Waals surface area contributed by atoms with Crippen LogP contribution in [0.1, 0.15) is 48.0 Å². The SMILES string of the molecule is CC(C)(C)C(=O)OCOP(=O)(CCCN)OCOC(=O)C(C)(C)C. The quantitative estimate of drug-likeness (QED) is 0.376. The number of rotatable bonds is 9. The molecular weight excluding hydrogens is 337 g/mol. The van der Waals surface area contributed by atoms with Crippen molar-refractivity contribution in [1.82, 2.24) is 0 Å². The number of carbonyl (C=O) groups excluding carboxylic acids is 2. The van der Waals surface area contributed by atoms with Gasteiger partial charge in [-0.15, -0.1) is 0 Å². The Bertz CT molecular complexity index is 429. The van der Waals surface area contributed by atoms with E-state index in [0.29, 0.717) is 13.0 Å². The molecule has 0 saturated carbocycles. The summed E-state index contributed by atoms with van der Waals surface area (Å²) in [5, 5.41) is 0. The molecule has 0 bridgehead atoms. The highest BCUT2D eigenvalue weighted by Gasteiger charge is 2.29. The summed E-state index contributed by atoms with van der Waals surface area (Å²) in [6.07, 6.45) is 0.418. The molecule has 0 aliphatic heterocycles. The van der Waals surface area contributed by atoms with Crippen LogP contribution >= 0.6 is 7.60 Å². The fourth-order valence-electron chi connectivity index (χ4n) is 1.20. The molecule has 0 heterocycles. The number of hydrogen-bond acceptors (Lipinski definition) is 8. The lowest BCUT2D eigenvalue weighted by Gasteiger charge is -2.21. The molecular formula is C15H30NO7P. The Labute approximate surface area is 143 Å². The molecule has 9 heteroatoms. The van der Waals surface area contributed by atoms with E-state index in [-0.39, 0.29) is 6.16 Å². The van der Waals surface area contributed by atoms with Gasteiger partial charge in [0.2, 0.25) is 13.6 Å². The zero-order valence-corrected chi connectivity index (χ0v) is 16.3. The number of carbonyl (C=O) groups is 2. The number of nitrogens with two attached hydrogens (primary N) is 1. The lowest BCUT2D eigenvalue weighted by molar-refractivity contribution is -0.162. The molecule has 0 saturated heterocycles. The Balaban J connectivity index is 4.53. The van der Waals surface area contributed by atoms with E-state index < -0.39 is 44.0 Å². The summed E-state index contributed by atoms with van der Waals surface area (Å²) in [6, 6.07) is 0. The monoisotopic (exact) mass is 367 g/mol. The molecule has 8 nitrogen and oxygen atoms in total. The zero-order chi connectivity index (χ0) is 19.0. The van der Waals surface area contributed by atoms with Gasteiger partial charge in [-0.1, -0.05) is 0 Å². The van der Waals surface area contributed by atoms with Crippen LogP contribution in [0, 0.1) is 10.8 Å². The lowest BCUT2D eigenvalue weighted by atomic mass is 9.98. The van der Waals surface area contributed by atoms with Crippen LogP contribution in [0.25, 0.3) is 0 Å². The van der Waals surface area contributed by atoms with E-state index in [4.69, 9.17) is 24.3 Å². The van der Waals surface area contributed by atoms with Crippen molar-refractivity contribution in [2.45, 2.75) is 48.0 Å². The minimum Gasteiger partial charge on any atom is -0.438 e. The van der Waals surface area contributed by atoms with Gasteiger partial charge >= 0.3 is 19.5 Å². The molecule has 0 fully saturated rings. The molecule has 2 N–H and O–H groups in total. The molecule has 0 rings (SSSR count). The Morgan fingerprint density at radius 3 is 1.54 bits per heavy atom. The molecule has 0 amide bonds. The molecule has 0 aromatic carbocycles. The third-order valence-corrected chi connectivity index (χ3v) is 4.60. The predicted molar refractivity (Wildman–Crippen MR) is 89.1 cm³/mol. The van der Waals surface area contributed by atoms with E-state index >= 15 is 0 Å². The molecule has 0 unspecified atom stereocenters. The minimum atomic E-state index is -3.59. The molecule has 0 aromatic rings. The second-order valence-electron chi connectivity index (χ2n) is 7.33. The van der Waals surface area contributed by atoms with Crippen LogP contribution < -0.4 is 5.73 Å². The summed E-state index contributed by atoms with van der Waals surface area (Å²) in [4.78, 5) is 23.3. The van der Waals surface area contributed by atoms with Gasteiger partial charge in [0, 0.05) is 0 Å². The Morgan fingerprint density at radius 1 is 0.875 bits per heavy atom. The largest absolute Gasteiger partial charge is 0.438 e. The highest BCUT2D eigenvalue weighted by molar-refractivity contribution is 7.53. The Hall–Kier alpha value is -0.950. The average molecular weight is 367 g/mol. The van der Waals surface area contributed by atoms with Crippen molar-refractivity contribution >= 4 is 19.5 Å². The fraction of sp³-hybridized carbons (Fsp3) is 0.867. The van der Waals surface area contributed by atoms with Crippen LogP contribution in [0.5, 0.6) is 0 Å². The topological polar surface area (TPSA) is 114 Å². The second-order valence-corrected chi connectivity index (χ2v) is 9.52. The van der Waals surface area contributed by atoms with Crippen molar-refractivity contribution in [2.24, 2.45) is 16.6 Å². The van der Waals surface area contributed by atoms with Crippen molar-refractivity contribution < 1.29 is 32.7 Å². The summed E-state index contributed by atoms with van der Waals surface area (Å²) >= 11 is 0. The van der Waals surface area contributed by atoms with Crippen LogP contribution in [0.3, 0.4) is 0 Å². The standard InChI is InChI=1S/C15H30NO7P/c1-14(2,3)12(17)20-10-22-24(19,9-7-8-16)23-11-21-13(18)15(4,5)6/h7-11,16H2,1-6H3. The smallest absolute Gasteiger partial charge is 0.336 e. The van der Waals surface area contributed by atoms with Crippen molar-refractivity contribution in [3.05, 3.63) is 0 Å². The van der Waals surface area contributed by atoms with Crippen LogP contribution in [-0.2, 0) is 32.7 Å². The van der Waals surface area contributed by atoms with E-state index in [9.17, 15) is 14.2 Å². The summed E-state index contributed by atoms with van der Waals surface area (Å²) in [7, 11) is -3.59. The molecule has 24 heavy (non-hydrogen) atoms. The van der Waals surface area contributed by atoms with Crippen LogP contribution in [0.15, 0.2) is 0 Å². The summed E-state index contributed by atoms with van der Waals surface area (Å²) < 4.78 is 32.6. The average Bonchev–Trinajstić information content (AvgIpc) is 2.43. The van der Waals surface area contributed by atoms with Gasteiger partial charge in [-0.05, 0) is 54.5 Å². The van der Waals surface area contributed by atoms with Crippen molar-refractivity contribution in [1.29, 1.82) is 0 Å². The third-order valence-electron chi connectivity index (χ3n) is 2.74. The van der Waals surface area contributed by atoms with Crippen molar-refractivity contribution in [3.63, 3.8) is 0 Å². The normalized spacial score (nSPS) is 12.8. The molecule has 0 spiro atoms. The zero-order valence-electron chi connectivity index (χ0n) is 15.4. The molecule has 0 atom stereocenters. The van der Waals surface area contributed by atoms with Gasteiger partial charge in [0.05, 0.1) is 17.0 Å². The van der Waals surface area contributed by atoms with E-state index in [0.717, 1.165) is 0 Å². The lowest BCUT2D eigenvalue weighted by Crippen LogP contribution is -2.25. The van der Waals surface area contributed by atoms with Gasteiger partial charge < -0.3 is 15.2 Å². The molecule has 0 aliphatic rings.